The molecule has 2 bridgehead atoms. The number of benzene rings is 1. The molecule has 4 heterocycles. The largest absolute Gasteiger partial charge is 0.501 e. The first-order valence-corrected chi connectivity index (χ1v) is 12.8. The van der Waals surface area contributed by atoms with Crippen LogP contribution in [-0.2, 0) is 28.2 Å². The molecule has 2 fully saturated rings. The Morgan fingerprint density at radius 1 is 1.13 bits per heavy atom. The fourth-order valence-corrected chi connectivity index (χ4v) is 5.82. The summed E-state index contributed by atoms with van der Waals surface area (Å²) in [7, 11) is 0. The molecule has 1 aliphatic carbocycles. The van der Waals surface area contributed by atoms with Crippen LogP contribution < -0.4 is 16.2 Å². The van der Waals surface area contributed by atoms with Crippen molar-refractivity contribution >= 4 is 17.7 Å². The van der Waals surface area contributed by atoms with Crippen LogP contribution in [0.15, 0.2) is 29.1 Å². The van der Waals surface area contributed by atoms with Gasteiger partial charge in [-0.1, -0.05) is 12.1 Å². The Morgan fingerprint density at radius 2 is 1.84 bits per heavy atom. The fourth-order valence-electron chi connectivity index (χ4n) is 5.82. The number of carbonyl (C=O) groups excluding carboxylic acids is 3. The topological polar surface area (TPSA) is 154 Å². The van der Waals surface area contributed by atoms with Gasteiger partial charge in [0.15, 0.2) is 5.69 Å². The van der Waals surface area contributed by atoms with Crippen molar-refractivity contribution < 1.29 is 29.0 Å². The highest BCUT2D eigenvalue weighted by Gasteiger charge is 2.47. The van der Waals surface area contributed by atoms with Crippen molar-refractivity contribution in [2.24, 2.45) is 5.92 Å². The maximum absolute atomic E-state index is 13.2. The van der Waals surface area contributed by atoms with Gasteiger partial charge in [0.2, 0.25) is 5.75 Å². The average Bonchev–Trinajstić information content (AvgIpc) is 3.28. The van der Waals surface area contributed by atoms with Crippen LogP contribution in [0.3, 0.4) is 0 Å². The average molecular weight is 528 g/mol. The van der Waals surface area contributed by atoms with E-state index in [1.807, 2.05) is 0 Å². The van der Waals surface area contributed by atoms with Gasteiger partial charge in [0.1, 0.15) is 11.6 Å². The van der Waals surface area contributed by atoms with E-state index < -0.39 is 52.1 Å². The smallest absolute Gasteiger partial charge is 0.312 e. The Morgan fingerprint density at radius 3 is 2.53 bits per heavy atom. The molecule has 1 saturated heterocycles. The van der Waals surface area contributed by atoms with Crippen molar-refractivity contribution in [3.05, 3.63) is 57.5 Å². The summed E-state index contributed by atoms with van der Waals surface area (Å²) in [4.78, 5) is 58.1. The van der Waals surface area contributed by atoms with Crippen LogP contribution >= 0.6 is 0 Å². The molecule has 0 radical (unpaired) electrons. The second kappa shape index (κ2) is 10.2. The molecule has 38 heavy (non-hydrogen) atoms. The van der Waals surface area contributed by atoms with Crippen LogP contribution in [0.2, 0.25) is 0 Å². The van der Waals surface area contributed by atoms with E-state index in [1.54, 1.807) is 0 Å². The van der Waals surface area contributed by atoms with Crippen molar-refractivity contribution in [1.82, 2.24) is 25.1 Å². The summed E-state index contributed by atoms with van der Waals surface area (Å²) in [6.45, 7) is 0.420. The predicted molar refractivity (Wildman–Crippen MR) is 131 cm³/mol. The van der Waals surface area contributed by atoms with Crippen molar-refractivity contribution in [2.75, 3.05) is 13.2 Å². The maximum atomic E-state index is 13.2. The van der Waals surface area contributed by atoms with E-state index >= 15 is 0 Å². The SMILES string of the molecule is O=C(NC12CCC(CC1)Cn1c2nc(C(=O)NCc2ccc(F)cc2)c(O)c1=O)C(=O)N1CCC[C@@H]1CO. The van der Waals surface area contributed by atoms with Crippen LogP contribution in [-0.4, -0.2) is 61.6 Å². The zero-order valence-corrected chi connectivity index (χ0v) is 20.8. The number of aromatic hydroxyl groups is 1. The first-order valence-electron chi connectivity index (χ1n) is 12.8. The maximum Gasteiger partial charge on any atom is 0.312 e. The number of aliphatic hydroxyl groups excluding tert-OH is 1. The van der Waals surface area contributed by atoms with E-state index in [-0.39, 0.29) is 31.4 Å². The highest BCUT2D eigenvalue weighted by molar-refractivity contribution is 6.35. The molecule has 0 spiro atoms. The number of nitrogens with one attached hydrogen (secondary N) is 2. The standard InChI is InChI=1S/C26H30FN5O6/c27-17-5-3-15(4-6-17)12-28-21(35)19-20(34)23(37)32-13-16-7-9-26(10-8-16,25(32)29-19)30-22(36)24(38)31-11-1-2-18(31)14-33/h3-6,16,18,33-34H,1-2,7-14H2,(H,28,35)(H,30,36)/t16?,18-,26?/m1/s1. The first kappa shape index (κ1) is 25.8. The Balaban J connectivity index is 1.45. The lowest BCUT2D eigenvalue weighted by molar-refractivity contribution is -0.148. The lowest BCUT2D eigenvalue weighted by Gasteiger charge is -2.37. The minimum atomic E-state index is -1.17. The third-order valence-electron chi connectivity index (χ3n) is 7.95. The van der Waals surface area contributed by atoms with Gasteiger partial charge in [-0.2, -0.15) is 0 Å². The minimum Gasteiger partial charge on any atom is -0.501 e. The second-order valence-electron chi connectivity index (χ2n) is 10.3. The molecule has 12 heteroatoms. The number of likely N-dealkylation sites (tertiary alicyclic amines) is 1. The van der Waals surface area contributed by atoms with Crippen LogP contribution in [0.25, 0.3) is 0 Å². The highest BCUT2D eigenvalue weighted by atomic mass is 19.1. The number of fused-ring (bicyclic) bond motifs is 2. The van der Waals surface area contributed by atoms with Crippen molar-refractivity contribution in [3.63, 3.8) is 0 Å². The van der Waals surface area contributed by atoms with E-state index in [4.69, 9.17) is 0 Å². The zero-order chi connectivity index (χ0) is 27.0. The quantitative estimate of drug-likeness (QED) is 0.413. The Kier molecular flexibility index (Phi) is 6.91. The second-order valence-corrected chi connectivity index (χ2v) is 10.3. The monoisotopic (exact) mass is 527 g/mol. The molecule has 3 amide bonds. The summed E-state index contributed by atoms with van der Waals surface area (Å²) in [6, 6.07) is 5.08. The molecule has 4 N–H and O–H groups in total. The number of hydrogen-bond donors (Lipinski definition) is 4. The number of halogens is 1. The molecule has 3 aliphatic heterocycles. The third kappa shape index (κ3) is 4.64. The van der Waals surface area contributed by atoms with Crippen molar-refractivity contribution in [1.29, 1.82) is 0 Å². The third-order valence-corrected chi connectivity index (χ3v) is 7.95. The van der Waals surface area contributed by atoms with E-state index in [2.05, 4.69) is 15.6 Å². The molecule has 1 aromatic heterocycles. The summed E-state index contributed by atoms with van der Waals surface area (Å²) in [5.41, 5.74) is -1.84. The van der Waals surface area contributed by atoms with Gasteiger partial charge in [-0.15, -0.1) is 0 Å². The molecular weight excluding hydrogens is 497 g/mol. The van der Waals surface area contributed by atoms with Gasteiger partial charge in [0.05, 0.1) is 18.2 Å². The number of aliphatic hydroxyl groups is 1. The molecule has 11 nitrogen and oxygen atoms in total. The lowest BCUT2D eigenvalue weighted by atomic mass is 9.77. The number of nitrogens with zero attached hydrogens (tertiary/aromatic N) is 3. The normalized spacial score (nSPS) is 24.0. The number of carbonyl (C=O) groups is 3. The molecule has 202 valence electrons. The van der Waals surface area contributed by atoms with Gasteiger partial charge in [-0.3, -0.25) is 23.7 Å². The molecule has 0 unspecified atom stereocenters. The Labute approximate surface area is 217 Å². The molecule has 1 atom stereocenters. The molecule has 2 aromatic rings. The van der Waals surface area contributed by atoms with Gasteiger partial charge in [0.25, 0.3) is 11.5 Å². The van der Waals surface area contributed by atoms with Gasteiger partial charge in [-0.05, 0) is 62.1 Å². The van der Waals surface area contributed by atoms with Crippen LogP contribution in [0.5, 0.6) is 5.75 Å². The summed E-state index contributed by atoms with van der Waals surface area (Å²) in [5.74, 6) is -3.39. The first-order chi connectivity index (χ1) is 18.2. The van der Waals surface area contributed by atoms with Gasteiger partial charge < -0.3 is 25.7 Å². The van der Waals surface area contributed by atoms with E-state index in [9.17, 15) is 33.8 Å². The van der Waals surface area contributed by atoms with Gasteiger partial charge in [-0.25, -0.2) is 9.37 Å². The number of aromatic nitrogens is 2. The molecule has 1 aromatic carbocycles. The fraction of sp³-hybridized carbons (Fsp3) is 0.500. The van der Waals surface area contributed by atoms with Crippen LogP contribution in [0.4, 0.5) is 4.39 Å². The number of rotatable bonds is 5. The summed E-state index contributed by atoms with van der Waals surface area (Å²) in [6.07, 6.45) is 3.44. The van der Waals surface area contributed by atoms with Crippen molar-refractivity contribution in [2.45, 2.75) is 63.2 Å². The van der Waals surface area contributed by atoms with E-state index in [0.717, 1.165) is 0 Å². The van der Waals surface area contributed by atoms with Crippen LogP contribution in [0, 0.1) is 11.7 Å². The number of amides is 3. The van der Waals surface area contributed by atoms with Gasteiger partial charge >= 0.3 is 11.8 Å². The molecular formula is C26H30FN5O6. The minimum absolute atomic E-state index is 0.0129. The van der Waals surface area contributed by atoms with Crippen LogP contribution in [0.1, 0.15) is 60.4 Å². The van der Waals surface area contributed by atoms with E-state index in [0.29, 0.717) is 50.6 Å². The predicted octanol–water partition coefficient (Wildman–Crippen LogP) is 0.517. The van der Waals surface area contributed by atoms with Gasteiger partial charge in [0, 0.05) is 19.6 Å². The highest BCUT2D eigenvalue weighted by Crippen LogP contribution is 2.43. The molecule has 1 saturated carbocycles. The Bertz CT molecular complexity index is 1320. The summed E-state index contributed by atoms with van der Waals surface area (Å²) in [5, 5.41) is 25.6. The summed E-state index contributed by atoms with van der Waals surface area (Å²) < 4.78 is 14.5. The summed E-state index contributed by atoms with van der Waals surface area (Å²) >= 11 is 0. The van der Waals surface area contributed by atoms with Crippen molar-refractivity contribution in [3.8, 4) is 5.75 Å². The zero-order valence-electron chi connectivity index (χ0n) is 20.8. The molecule has 4 aliphatic rings. The molecule has 6 rings (SSSR count). The Hall–Kier alpha value is -3.80. The number of hydrogen-bond acceptors (Lipinski definition) is 7. The lowest BCUT2D eigenvalue weighted by Crippen LogP contribution is -2.55. The van der Waals surface area contributed by atoms with E-state index in [1.165, 1.54) is 33.7 Å².